The molecule has 2 aromatic carbocycles. The number of halogens is 1. The number of nitrogens with zero attached hydrogens (tertiary/aromatic N) is 2. The van der Waals surface area contributed by atoms with Gasteiger partial charge in [0.1, 0.15) is 5.69 Å². The van der Waals surface area contributed by atoms with E-state index in [1.807, 2.05) is 43.6 Å². The number of benzene rings is 2. The van der Waals surface area contributed by atoms with Crippen molar-refractivity contribution in [2.24, 2.45) is 7.05 Å². The molecule has 0 aliphatic rings. The number of nitrogens with one attached hydrogen (secondary N) is 1. The van der Waals surface area contributed by atoms with Crippen LogP contribution in [0.15, 0.2) is 47.1 Å². The van der Waals surface area contributed by atoms with Crippen molar-refractivity contribution >= 4 is 21.6 Å². The molecular weight excluding hydrogens is 410 g/mol. The Balaban J connectivity index is 1.81. The molecule has 0 spiro atoms. The fourth-order valence-corrected chi connectivity index (χ4v) is 3.48. The maximum Gasteiger partial charge on any atom is 0.203 e. The second kappa shape index (κ2) is 8.35. The molecule has 0 unspecified atom stereocenters. The highest BCUT2D eigenvalue weighted by Gasteiger charge is 2.13. The van der Waals surface area contributed by atoms with E-state index in [-0.39, 0.29) is 0 Å². The molecule has 0 fully saturated rings. The molecule has 0 saturated heterocycles. The Morgan fingerprint density at radius 3 is 2.30 bits per heavy atom. The molecule has 6 nitrogen and oxygen atoms in total. The second-order valence-corrected chi connectivity index (χ2v) is 6.82. The maximum atomic E-state index is 5.42. The van der Waals surface area contributed by atoms with E-state index in [0.717, 1.165) is 27.0 Å². The molecule has 0 aliphatic heterocycles. The maximum absolute atomic E-state index is 5.42. The minimum Gasteiger partial charge on any atom is -0.493 e. The average Bonchev–Trinajstić information content (AvgIpc) is 3.03. The van der Waals surface area contributed by atoms with Crippen LogP contribution < -0.4 is 19.5 Å². The lowest BCUT2D eigenvalue weighted by atomic mass is 10.1. The minimum atomic E-state index is 0.589. The molecule has 3 rings (SSSR count). The van der Waals surface area contributed by atoms with Gasteiger partial charge in [0.25, 0.3) is 0 Å². The van der Waals surface area contributed by atoms with E-state index in [9.17, 15) is 0 Å². The van der Waals surface area contributed by atoms with Gasteiger partial charge in [-0.3, -0.25) is 4.68 Å². The predicted molar refractivity (Wildman–Crippen MR) is 110 cm³/mol. The Morgan fingerprint density at radius 1 is 1.04 bits per heavy atom. The summed E-state index contributed by atoms with van der Waals surface area (Å²) in [5.41, 5.74) is 3.97. The summed E-state index contributed by atoms with van der Waals surface area (Å²) in [6.45, 7) is 0.615. The largest absolute Gasteiger partial charge is 0.493 e. The Hall–Kier alpha value is -2.67. The normalized spacial score (nSPS) is 10.6. The van der Waals surface area contributed by atoms with Gasteiger partial charge in [0.05, 0.1) is 25.8 Å². The van der Waals surface area contributed by atoms with Gasteiger partial charge < -0.3 is 19.5 Å². The molecule has 3 aromatic rings. The van der Waals surface area contributed by atoms with Crippen LogP contribution in [0.3, 0.4) is 0 Å². The third kappa shape index (κ3) is 4.19. The van der Waals surface area contributed by atoms with Gasteiger partial charge in [-0.2, -0.15) is 5.10 Å². The average molecular weight is 432 g/mol. The smallest absolute Gasteiger partial charge is 0.203 e. The zero-order chi connectivity index (χ0) is 19.4. The van der Waals surface area contributed by atoms with E-state index in [1.165, 1.54) is 0 Å². The minimum absolute atomic E-state index is 0.589. The fourth-order valence-electron chi connectivity index (χ4n) is 2.87. The lowest BCUT2D eigenvalue weighted by Crippen LogP contribution is -2.02. The first kappa shape index (κ1) is 19.1. The number of methoxy groups -OCH3 is 3. The van der Waals surface area contributed by atoms with Gasteiger partial charge in [0.2, 0.25) is 5.75 Å². The highest BCUT2D eigenvalue weighted by Crippen LogP contribution is 2.38. The van der Waals surface area contributed by atoms with Crippen LogP contribution in [0.4, 0.5) is 5.69 Å². The van der Waals surface area contributed by atoms with E-state index >= 15 is 0 Å². The molecule has 0 bridgehead atoms. The van der Waals surface area contributed by atoms with Crippen molar-refractivity contribution in [1.82, 2.24) is 9.78 Å². The zero-order valence-corrected chi connectivity index (χ0v) is 17.3. The van der Waals surface area contributed by atoms with Crippen molar-refractivity contribution in [2.45, 2.75) is 6.54 Å². The number of aromatic nitrogens is 2. The second-order valence-electron chi connectivity index (χ2n) is 5.97. The number of aryl methyl sites for hydroxylation is 1. The Kier molecular flexibility index (Phi) is 5.91. The predicted octanol–water partition coefficient (Wildman–Crippen LogP) is 4.49. The van der Waals surface area contributed by atoms with Crippen molar-refractivity contribution < 1.29 is 14.2 Å². The molecule has 0 atom stereocenters. The zero-order valence-electron chi connectivity index (χ0n) is 15.7. The monoisotopic (exact) mass is 431 g/mol. The van der Waals surface area contributed by atoms with E-state index in [2.05, 4.69) is 32.4 Å². The molecule has 0 amide bonds. The molecule has 0 aliphatic carbocycles. The molecule has 1 N–H and O–H groups in total. The summed E-state index contributed by atoms with van der Waals surface area (Å²) in [5, 5.41) is 7.94. The molecular formula is C20H22BrN3O3. The van der Waals surface area contributed by atoms with Crippen molar-refractivity contribution in [1.29, 1.82) is 0 Å². The van der Waals surface area contributed by atoms with Gasteiger partial charge in [-0.15, -0.1) is 0 Å². The van der Waals surface area contributed by atoms with Crippen LogP contribution in [0.25, 0.3) is 11.3 Å². The molecule has 1 heterocycles. The number of hydrogen-bond acceptors (Lipinski definition) is 5. The molecule has 0 radical (unpaired) electrons. The van der Waals surface area contributed by atoms with Gasteiger partial charge in [0, 0.05) is 31.0 Å². The van der Waals surface area contributed by atoms with Gasteiger partial charge in [-0.1, -0.05) is 12.1 Å². The summed E-state index contributed by atoms with van der Waals surface area (Å²) in [6.07, 6.45) is 1.94. The quantitative estimate of drug-likeness (QED) is 0.597. The van der Waals surface area contributed by atoms with Crippen LogP contribution in [0.5, 0.6) is 17.2 Å². The van der Waals surface area contributed by atoms with E-state index in [0.29, 0.717) is 23.8 Å². The number of anilines is 1. The third-order valence-electron chi connectivity index (χ3n) is 4.14. The van der Waals surface area contributed by atoms with E-state index < -0.39 is 0 Å². The van der Waals surface area contributed by atoms with Crippen LogP contribution in [0, 0.1) is 0 Å². The first-order valence-electron chi connectivity index (χ1n) is 8.38. The highest BCUT2D eigenvalue weighted by atomic mass is 79.9. The van der Waals surface area contributed by atoms with Gasteiger partial charge in [-0.25, -0.2) is 0 Å². The van der Waals surface area contributed by atoms with Crippen LogP contribution in [0.2, 0.25) is 0 Å². The molecule has 27 heavy (non-hydrogen) atoms. The molecule has 142 valence electrons. The van der Waals surface area contributed by atoms with Crippen molar-refractivity contribution in [3.05, 3.63) is 52.6 Å². The number of ether oxygens (including phenoxy) is 3. The van der Waals surface area contributed by atoms with Gasteiger partial charge >= 0.3 is 0 Å². The van der Waals surface area contributed by atoms with Gasteiger partial charge in [0.15, 0.2) is 11.5 Å². The van der Waals surface area contributed by atoms with Crippen molar-refractivity contribution in [2.75, 3.05) is 26.6 Å². The van der Waals surface area contributed by atoms with Crippen LogP contribution in [-0.4, -0.2) is 31.1 Å². The SMILES string of the molecule is COc1cc(CNc2cccc(-c3nn(C)cc3Br)c2)cc(OC)c1OC. The third-order valence-corrected chi connectivity index (χ3v) is 4.72. The topological polar surface area (TPSA) is 57.5 Å². The lowest BCUT2D eigenvalue weighted by Gasteiger charge is -2.15. The Labute approximate surface area is 167 Å². The van der Waals surface area contributed by atoms with Crippen LogP contribution in [-0.2, 0) is 13.6 Å². The van der Waals surface area contributed by atoms with Crippen molar-refractivity contribution in [3.63, 3.8) is 0 Å². The Bertz CT molecular complexity index is 915. The van der Waals surface area contributed by atoms with E-state index in [4.69, 9.17) is 14.2 Å². The van der Waals surface area contributed by atoms with Gasteiger partial charge in [-0.05, 0) is 45.8 Å². The van der Waals surface area contributed by atoms with E-state index in [1.54, 1.807) is 26.0 Å². The lowest BCUT2D eigenvalue weighted by molar-refractivity contribution is 0.324. The first-order chi connectivity index (χ1) is 13.0. The summed E-state index contributed by atoms with van der Waals surface area (Å²) in [6, 6.07) is 12.0. The van der Waals surface area contributed by atoms with Crippen LogP contribution >= 0.6 is 15.9 Å². The summed E-state index contributed by atoms with van der Waals surface area (Å²) in [4.78, 5) is 0. The molecule has 0 saturated carbocycles. The standard InChI is InChI=1S/C20H22BrN3O3/c1-24-12-16(21)19(23-24)14-6-5-7-15(10-14)22-11-13-8-17(25-2)20(27-4)18(9-13)26-3/h5-10,12,22H,11H2,1-4H3. The molecule has 1 aromatic heterocycles. The van der Waals surface area contributed by atoms with Crippen molar-refractivity contribution in [3.8, 4) is 28.5 Å². The molecule has 7 heteroatoms. The summed E-state index contributed by atoms with van der Waals surface area (Å²) in [7, 11) is 6.73. The fraction of sp³-hybridized carbons (Fsp3) is 0.250. The van der Waals surface area contributed by atoms with Crippen LogP contribution in [0.1, 0.15) is 5.56 Å². The first-order valence-corrected chi connectivity index (χ1v) is 9.17. The number of hydrogen-bond donors (Lipinski definition) is 1. The summed E-state index contributed by atoms with van der Waals surface area (Å²) >= 11 is 3.56. The highest BCUT2D eigenvalue weighted by molar-refractivity contribution is 9.10. The Morgan fingerprint density at radius 2 is 1.74 bits per heavy atom. The number of rotatable bonds is 7. The summed E-state index contributed by atoms with van der Waals surface area (Å²) in [5.74, 6) is 1.87. The summed E-state index contributed by atoms with van der Waals surface area (Å²) < 4.78 is 19.0.